The smallest absolute Gasteiger partial charge is 0.225 e. The molecule has 3 aliphatic carbocycles. The topological polar surface area (TPSA) is 89.4 Å². The molecule has 3 fully saturated rings. The highest BCUT2D eigenvalue weighted by atomic mass is 16.2. The molecule has 172 valence electrons. The lowest BCUT2D eigenvalue weighted by molar-refractivity contribution is -0.152. The average Bonchev–Trinajstić information content (AvgIpc) is 3.15. The largest absolute Gasteiger partial charge is 0.369 e. The number of hydrogen-bond donors (Lipinski definition) is 2. The summed E-state index contributed by atoms with van der Waals surface area (Å²) in [6.07, 6.45) is 13.1. The van der Waals surface area contributed by atoms with Gasteiger partial charge in [0.15, 0.2) is 0 Å². The zero-order valence-electron chi connectivity index (χ0n) is 19.1. The van der Waals surface area contributed by atoms with Crippen molar-refractivity contribution in [2.24, 2.45) is 39.5 Å². The molecular formula is C27H37N3O2. The van der Waals surface area contributed by atoms with E-state index in [1.54, 1.807) is 0 Å². The average molecular weight is 436 g/mol. The first-order chi connectivity index (χ1) is 15.5. The normalized spacial score (nSPS) is 34.4. The summed E-state index contributed by atoms with van der Waals surface area (Å²) in [7, 11) is 0. The summed E-state index contributed by atoms with van der Waals surface area (Å²) in [5.41, 5.74) is 12.0. The van der Waals surface area contributed by atoms with Crippen molar-refractivity contribution < 1.29 is 9.59 Å². The molecule has 2 amide bonds. The monoisotopic (exact) mass is 435 g/mol. The number of rotatable bonds is 10. The summed E-state index contributed by atoms with van der Waals surface area (Å²) < 4.78 is 0. The predicted molar refractivity (Wildman–Crippen MR) is 125 cm³/mol. The summed E-state index contributed by atoms with van der Waals surface area (Å²) in [5, 5.41) is 0. The van der Waals surface area contributed by atoms with E-state index in [4.69, 9.17) is 11.5 Å². The molecule has 0 radical (unpaired) electrons. The third-order valence-electron chi connectivity index (χ3n) is 9.44. The van der Waals surface area contributed by atoms with Crippen LogP contribution in [0.2, 0.25) is 0 Å². The van der Waals surface area contributed by atoms with Crippen molar-refractivity contribution in [3.05, 3.63) is 48.0 Å². The van der Waals surface area contributed by atoms with Crippen molar-refractivity contribution in [3.63, 3.8) is 0 Å². The van der Waals surface area contributed by atoms with Crippen LogP contribution in [0.5, 0.6) is 0 Å². The maximum atomic E-state index is 13.4. The van der Waals surface area contributed by atoms with Gasteiger partial charge in [0.2, 0.25) is 11.8 Å². The van der Waals surface area contributed by atoms with Crippen LogP contribution in [0.4, 0.5) is 0 Å². The van der Waals surface area contributed by atoms with E-state index in [0.717, 1.165) is 38.6 Å². The van der Waals surface area contributed by atoms with Gasteiger partial charge in [-0.25, -0.2) is 0 Å². The Hall–Kier alpha value is -2.14. The number of amides is 2. The molecule has 5 rings (SSSR count). The SMILES string of the molecule is NC(=O)[C@]1(CCCCN2CCCC2)[C@@H]2C=C[C@@H](C23CC3)[C@@]1(CCc1ccccc1)C(N)=O. The van der Waals surface area contributed by atoms with Crippen LogP contribution < -0.4 is 11.5 Å². The Labute approximate surface area is 191 Å². The fraction of sp³-hybridized carbons (Fsp3) is 0.630. The molecule has 0 unspecified atom stereocenters. The lowest BCUT2D eigenvalue weighted by atomic mass is 9.53. The van der Waals surface area contributed by atoms with E-state index in [1.165, 1.54) is 31.5 Å². The van der Waals surface area contributed by atoms with Gasteiger partial charge in [-0.2, -0.15) is 0 Å². The summed E-state index contributed by atoms with van der Waals surface area (Å²) in [4.78, 5) is 29.3. The molecule has 4 aliphatic rings. The van der Waals surface area contributed by atoms with Crippen LogP contribution in [0.25, 0.3) is 0 Å². The minimum Gasteiger partial charge on any atom is -0.369 e. The molecule has 2 bridgehead atoms. The maximum Gasteiger partial charge on any atom is 0.225 e. The van der Waals surface area contributed by atoms with E-state index in [9.17, 15) is 9.59 Å². The van der Waals surface area contributed by atoms with E-state index in [2.05, 4.69) is 29.2 Å². The highest BCUT2D eigenvalue weighted by Gasteiger charge is 2.81. The zero-order valence-corrected chi connectivity index (χ0v) is 19.1. The molecule has 4 N–H and O–H groups in total. The van der Waals surface area contributed by atoms with Crippen molar-refractivity contribution in [1.29, 1.82) is 0 Å². The Balaban J connectivity index is 1.46. The fourth-order valence-corrected chi connectivity index (χ4v) is 7.91. The number of hydrogen-bond acceptors (Lipinski definition) is 3. The van der Waals surface area contributed by atoms with Gasteiger partial charge in [-0.05, 0) is 93.8 Å². The molecule has 5 nitrogen and oxygen atoms in total. The lowest BCUT2D eigenvalue weighted by Crippen LogP contribution is -2.59. The number of allylic oxidation sites excluding steroid dienone is 2. The number of unbranched alkanes of at least 4 members (excludes halogenated alkanes) is 1. The Morgan fingerprint density at radius 1 is 0.875 bits per heavy atom. The van der Waals surface area contributed by atoms with E-state index >= 15 is 0 Å². The van der Waals surface area contributed by atoms with Crippen LogP contribution in [0.1, 0.15) is 56.9 Å². The molecule has 5 heteroatoms. The molecule has 0 aromatic heterocycles. The molecule has 1 aromatic rings. The lowest BCUT2D eigenvalue weighted by Gasteiger charge is -2.48. The number of aryl methyl sites for hydroxylation is 1. The number of likely N-dealkylation sites (tertiary alicyclic amines) is 1. The second-order valence-corrected chi connectivity index (χ2v) is 10.7. The van der Waals surface area contributed by atoms with Crippen LogP contribution in [-0.2, 0) is 16.0 Å². The van der Waals surface area contributed by atoms with Crippen molar-refractivity contribution >= 4 is 11.8 Å². The predicted octanol–water partition coefficient (Wildman–Crippen LogP) is 3.42. The van der Waals surface area contributed by atoms with Crippen LogP contribution >= 0.6 is 0 Å². The van der Waals surface area contributed by atoms with Gasteiger partial charge in [-0.15, -0.1) is 0 Å². The maximum absolute atomic E-state index is 13.4. The van der Waals surface area contributed by atoms with Crippen LogP contribution in [0.15, 0.2) is 42.5 Å². The number of primary amides is 2. The van der Waals surface area contributed by atoms with Gasteiger partial charge < -0.3 is 16.4 Å². The van der Waals surface area contributed by atoms with Gasteiger partial charge in [0, 0.05) is 0 Å². The first-order valence-electron chi connectivity index (χ1n) is 12.5. The molecule has 32 heavy (non-hydrogen) atoms. The first kappa shape index (κ1) is 21.7. The van der Waals surface area contributed by atoms with Crippen LogP contribution in [0.3, 0.4) is 0 Å². The van der Waals surface area contributed by atoms with E-state index in [1.807, 2.05) is 18.2 Å². The van der Waals surface area contributed by atoms with Gasteiger partial charge in [0.25, 0.3) is 0 Å². The second kappa shape index (κ2) is 8.02. The van der Waals surface area contributed by atoms with Gasteiger partial charge in [0.05, 0.1) is 10.8 Å². The third kappa shape index (κ3) is 3.00. The van der Waals surface area contributed by atoms with Crippen LogP contribution in [0, 0.1) is 28.1 Å². The highest BCUT2D eigenvalue weighted by Crippen LogP contribution is 2.81. The number of nitrogens with two attached hydrogens (primary N) is 2. The number of carbonyl (C=O) groups excluding carboxylic acids is 2. The second-order valence-electron chi connectivity index (χ2n) is 10.7. The molecule has 1 saturated heterocycles. The Morgan fingerprint density at radius 2 is 1.47 bits per heavy atom. The minimum atomic E-state index is -0.891. The highest BCUT2D eigenvalue weighted by molar-refractivity contribution is 5.95. The number of nitrogens with zero attached hydrogens (tertiary/aromatic N) is 1. The van der Waals surface area contributed by atoms with Crippen molar-refractivity contribution in [1.82, 2.24) is 4.90 Å². The minimum absolute atomic E-state index is 0.0235. The van der Waals surface area contributed by atoms with Crippen molar-refractivity contribution in [2.75, 3.05) is 19.6 Å². The summed E-state index contributed by atoms with van der Waals surface area (Å²) in [6, 6.07) is 10.2. The quantitative estimate of drug-likeness (QED) is 0.436. The molecule has 1 spiro atoms. The summed E-state index contributed by atoms with van der Waals surface area (Å²) in [5.74, 6) is -0.552. The molecule has 4 atom stereocenters. The molecule has 1 aliphatic heterocycles. The standard InChI is InChI=1S/C27H37N3O2/c28-23(31)26(13-4-5-17-30-18-6-7-19-30)21-10-11-22(25(21)15-16-25)27(26,24(29)32)14-12-20-8-2-1-3-9-20/h1-3,8-11,21-22H,4-7,12-19H2,(H2,28,31)(H2,29,32)/t21-,22+,26+,27+/m1/s1. The summed E-state index contributed by atoms with van der Waals surface area (Å²) in [6.45, 7) is 3.43. The fourth-order valence-electron chi connectivity index (χ4n) is 7.91. The first-order valence-corrected chi connectivity index (χ1v) is 12.5. The van der Waals surface area contributed by atoms with Gasteiger partial charge in [-0.3, -0.25) is 9.59 Å². The van der Waals surface area contributed by atoms with Gasteiger partial charge in [0.1, 0.15) is 0 Å². The van der Waals surface area contributed by atoms with E-state index < -0.39 is 10.8 Å². The van der Waals surface area contributed by atoms with E-state index in [0.29, 0.717) is 12.8 Å². The molecule has 2 saturated carbocycles. The van der Waals surface area contributed by atoms with E-state index in [-0.39, 0.29) is 29.1 Å². The van der Waals surface area contributed by atoms with Gasteiger partial charge in [-0.1, -0.05) is 48.9 Å². The number of carbonyl (C=O) groups is 2. The van der Waals surface area contributed by atoms with Crippen molar-refractivity contribution in [2.45, 2.75) is 57.8 Å². The Bertz CT molecular complexity index is 903. The summed E-state index contributed by atoms with van der Waals surface area (Å²) >= 11 is 0. The Kier molecular flexibility index (Phi) is 5.43. The molecule has 1 aromatic carbocycles. The van der Waals surface area contributed by atoms with Crippen LogP contribution in [-0.4, -0.2) is 36.3 Å². The molecule has 1 heterocycles. The molecular weight excluding hydrogens is 398 g/mol. The van der Waals surface area contributed by atoms with Crippen molar-refractivity contribution in [3.8, 4) is 0 Å². The zero-order chi connectivity index (χ0) is 22.4. The van der Waals surface area contributed by atoms with Gasteiger partial charge >= 0.3 is 0 Å². The third-order valence-corrected chi connectivity index (χ3v) is 9.44. The Morgan fingerprint density at radius 3 is 2.03 bits per heavy atom. The number of benzene rings is 1.